The average Bonchev–Trinajstić information content (AvgIpc) is 2.29. The van der Waals surface area contributed by atoms with Crippen molar-refractivity contribution >= 4 is 36.4 Å². The summed E-state index contributed by atoms with van der Waals surface area (Å²) in [6.45, 7) is 2.07. The van der Waals surface area contributed by atoms with Crippen molar-refractivity contribution in [1.82, 2.24) is 0 Å². The van der Waals surface area contributed by atoms with Gasteiger partial charge in [0.1, 0.15) is 15.0 Å². The van der Waals surface area contributed by atoms with E-state index in [0.717, 1.165) is 24.2 Å². The summed E-state index contributed by atoms with van der Waals surface area (Å²) < 4.78 is 5.34. The maximum Gasteiger partial charge on any atom is 0.303 e. The van der Waals surface area contributed by atoms with E-state index in [1.54, 1.807) is 0 Å². The van der Waals surface area contributed by atoms with Crippen LogP contribution in [0.2, 0.25) is 0 Å². The number of hydrogen-bond donors (Lipinski definition) is 1. The molecule has 1 rings (SSSR count). The van der Waals surface area contributed by atoms with Crippen LogP contribution in [-0.2, 0) is 4.79 Å². The van der Waals surface area contributed by atoms with Crippen molar-refractivity contribution < 1.29 is 14.1 Å². The summed E-state index contributed by atoms with van der Waals surface area (Å²) >= 11 is 2.06. The first-order chi connectivity index (χ1) is 8.17. The normalized spacial score (nSPS) is 12.1. The second-order valence-electron chi connectivity index (χ2n) is 3.80. The van der Waals surface area contributed by atoms with Gasteiger partial charge in [0.05, 0.1) is 6.42 Å². The van der Waals surface area contributed by atoms with Crippen molar-refractivity contribution in [1.29, 1.82) is 0 Å². The Morgan fingerprint density at radius 3 is 2.94 bits per heavy atom. The van der Waals surface area contributed by atoms with E-state index in [1.807, 2.05) is 24.3 Å². The predicted octanol–water partition coefficient (Wildman–Crippen LogP) is 4.42. The average molecular weight is 366 g/mol. The molecule has 0 saturated carbocycles. The highest BCUT2D eigenvalue weighted by Crippen LogP contribution is 2.29. The third-order valence-corrected chi connectivity index (χ3v) is 3.31. The molecule has 1 atom stereocenters. The number of hydrogen-bond acceptors (Lipinski definition) is 3. The zero-order chi connectivity index (χ0) is 12.7. The zero-order valence-electron chi connectivity index (χ0n) is 9.56. The molecular weight excluding hydrogens is 351 g/mol. The highest BCUT2D eigenvalue weighted by molar-refractivity contribution is 14.2. The van der Waals surface area contributed by atoms with E-state index in [1.165, 1.54) is 9.21 Å². The molecule has 1 N–H and O–H groups in total. The van der Waals surface area contributed by atoms with E-state index in [-0.39, 0.29) is 12.3 Å². The van der Waals surface area contributed by atoms with Gasteiger partial charge in [0.2, 0.25) is 0 Å². The Morgan fingerprint density at radius 2 is 2.35 bits per heavy atom. The molecule has 0 spiro atoms. The first kappa shape index (κ1) is 14.6. The summed E-state index contributed by atoms with van der Waals surface area (Å²) in [6, 6.07) is 7.67. The van der Waals surface area contributed by atoms with Crippen LogP contribution in [0, 0.1) is 0 Å². The largest absolute Gasteiger partial charge is 0.481 e. The van der Waals surface area contributed by atoms with Gasteiger partial charge in [0, 0.05) is 21.2 Å². The molecule has 0 aliphatic rings. The van der Waals surface area contributed by atoms with Crippen molar-refractivity contribution in [3.8, 4) is 5.75 Å². The van der Waals surface area contributed by atoms with E-state index >= 15 is 0 Å². The van der Waals surface area contributed by atoms with Crippen LogP contribution < -0.4 is 4.18 Å². The van der Waals surface area contributed by atoms with Crippen LogP contribution in [0.5, 0.6) is 5.75 Å². The number of benzene rings is 1. The third kappa shape index (κ3) is 5.16. The smallest absolute Gasteiger partial charge is 0.303 e. The van der Waals surface area contributed by atoms with Crippen molar-refractivity contribution in [2.45, 2.75) is 32.1 Å². The molecule has 0 heterocycles. The van der Waals surface area contributed by atoms with Crippen molar-refractivity contribution in [3.05, 3.63) is 29.8 Å². The van der Waals surface area contributed by atoms with Crippen LogP contribution in [0.15, 0.2) is 24.3 Å². The first-order valence-electron chi connectivity index (χ1n) is 5.44. The van der Waals surface area contributed by atoms with Gasteiger partial charge < -0.3 is 9.29 Å². The van der Waals surface area contributed by atoms with Crippen molar-refractivity contribution in [2.24, 2.45) is 0 Å². The molecule has 0 aromatic heterocycles. The number of carboxylic acids is 1. The second kappa shape index (κ2) is 7.81. The number of aliphatic carboxylic acids is 1. The fraction of sp³-hybridized carbons (Fsp3) is 0.417. The topological polar surface area (TPSA) is 46.5 Å². The minimum Gasteiger partial charge on any atom is -0.481 e. The molecule has 0 aliphatic heterocycles. The van der Waals surface area contributed by atoms with Crippen LogP contribution >= 0.6 is 30.4 Å². The Labute approximate surface area is 118 Å². The van der Waals surface area contributed by atoms with E-state index < -0.39 is 5.97 Å². The molecule has 1 aromatic rings. The van der Waals surface area contributed by atoms with Gasteiger partial charge in [-0.15, -0.1) is 0 Å². The van der Waals surface area contributed by atoms with Gasteiger partial charge in [0.15, 0.2) is 0 Å². The van der Waals surface area contributed by atoms with Crippen LogP contribution in [0.1, 0.15) is 37.7 Å². The molecule has 94 valence electrons. The van der Waals surface area contributed by atoms with E-state index in [2.05, 4.69) is 28.1 Å². The fourth-order valence-corrected chi connectivity index (χ4v) is 2.60. The fourth-order valence-electron chi connectivity index (χ4n) is 1.80. The van der Waals surface area contributed by atoms with Gasteiger partial charge >= 0.3 is 5.97 Å². The maximum atomic E-state index is 10.8. The standard InChI is InChI=1S/C12H15IO3S/c1-2-4-9(8-12(14)15)10-5-3-6-11(7-10)16-17-13/h3,5-7,9H,2,4,8H2,1H3,(H,14,15). The summed E-state index contributed by atoms with van der Waals surface area (Å²) in [5.74, 6) is 0.0895. The zero-order valence-corrected chi connectivity index (χ0v) is 12.5. The quantitative estimate of drug-likeness (QED) is 0.573. The lowest BCUT2D eigenvalue weighted by Crippen LogP contribution is -2.06. The molecule has 3 nitrogen and oxygen atoms in total. The maximum absolute atomic E-state index is 10.8. The molecule has 5 heteroatoms. The summed E-state index contributed by atoms with van der Waals surface area (Å²) in [6.07, 6.45) is 2.03. The van der Waals surface area contributed by atoms with Gasteiger partial charge in [-0.25, -0.2) is 0 Å². The molecule has 1 aromatic carbocycles. The Kier molecular flexibility index (Phi) is 6.72. The summed E-state index contributed by atoms with van der Waals surface area (Å²) in [7, 11) is 1.26. The molecule has 0 fully saturated rings. The second-order valence-corrected chi connectivity index (χ2v) is 5.17. The predicted molar refractivity (Wildman–Crippen MR) is 78.6 cm³/mol. The molecule has 0 amide bonds. The number of halogens is 1. The molecule has 17 heavy (non-hydrogen) atoms. The first-order valence-corrected chi connectivity index (χ1v) is 8.72. The van der Waals surface area contributed by atoms with Crippen LogP contribution in [-0.4, -0.2) is 11.1 Å². The van der Waals surface area contributed by atoms with Gasteiger partial charge in [-0.3, -0.25) is 4.79 Å². The van der Waals surface area contributed by atoms with E-state index in [9.17, 15) is 4.79 Å². The highest BCUT2D eigenvalue weighted by atomic mass is 127. The number of carbonyl (C=O) groups is 1. The molecule has 0 aliphatic carbocycles. The van der Waals surface area contributed by atoms with Crippen LogP contribution in [0.3, 0.4) is 0 Å². The SMILES string of the molecule is CCCC(CC(=O)O)c1cccc(OSI)c1. The molecule has 0 bridgehead atoms. The molecule has 1 unspecified atom stereocenters. The van der Waals surface area contributed by atoms with E-state index in [4.69, 9.17) is 9.29 Å². The Hall–Kier alpha value is -0.430. The minimum absolute atomic E-state index is 0.0697. The Morgan fingerprint density at radius 1 is 1.59 bits per heavy atom. The lowest BCUT2D eigenvalue weighted by atomic mass is 9.91. The Balaban J connectivity index is 2.84. The lowest BCUT2D eigenvalue weighted by Gasteiger charge is -2.15. The van der Waals surface area contributed by atoms with Crippen molar-refractivity contribution in [3.63, 3.8) is 0 Å². The molecule has 0 radical (unpaired) electrons. The molecule has 0 saturated heterocycles. The highest BCUT2D eigenvalue weighted by Gasteiger charge is 2.15. The monoisotopic (exact) mass is 366 g/mol. The Bertz CT molecular complexity index is 371. The van der Waals surface area contributed by atoms with Gasteiger partial charge in [-0.1, -0.05) is 25.5 Å². The summed E-state index contributed by atoms with van der Waals surface area (Å²) in [5, 5.41) is 8.91. The molecular formula is C12H15IO3S. The van der Waals surface area contributed by atoms with Crippen LogP contribution in [0.4, 0.5) is 0 Å². The van der Waals surface area contributed by atoms with Gasteiger partial charge in [-0.2, -0.15) is 0 Å². The third-order valence-electron chi connectivity index (χ3n) is 2.52. The van der Waals surface area contributed by atoms with Crippen LogP contribution in [0.25, 0.3) is 0 Å². The number of rotatable bonds is 7. The van der Waals surface area contributed by atoms with E-state index in [0.29, 0.717) is 0 Å². The van der Waals surface area contributed by atoms with Gasteiger partial charge in [-0.05, 0) is 30.0 Å². The summed E-state index contributed by atoms with van der Waals surface area (Å²) in [5.41, 5.74) is 1.04. The van der Waals surface area contributed by atoms with Crippen molar-refractivity contribution in [2.75, 3.05) is 0 Å². The summed E-state index contributed by atoms with van der Waals surface area (Å²) in [4.78, 5) is 10.8. The van der Waals surface area contributed by atoms with Gasteiger partial charge in [0.25, 0.3) is 0 Å². The minimum atomic E-state index is -0.752. The number of carboxylic acid groups (broad SMARTS) is 1. The lowest BCUT2D eigenvalue weighted by molar-refractivity contribution is -0.137.